The largest absolute Gasteiger partial charge is 0.354 e. The van der Waals surface area contributed by atoms with E-state index in [0.29, 0.717) is 6.04 Å². The second-order valence-corrected chi connectivity index (χ2v) is 9.18. The molecule has 1 unspecified atom stereocenters. The Morgan fingerprint density at radius 1 is 1.03 bits per heavy atom. The summed E-state index contributed by atoms with van der Waals surface area (Å²) in [6, 6.07) is 13.5. The zero-order chi connectivity index (χ0) is 19.8. The molecule has 0 aliphatic carbocycles. The third-order valence-corrected chi connectivity index (χ3v) is 7.45. The number of hydrogen-bond donors (Lipinski definition) is 0. The highest BCUT2D eigenvalue weighted by Crippen LogP contribution is 2.37. The summed E-state index contributed by atoms with van der Waals surface area (Å²) in [4.78, 5) is 19.8. The Hall–Kier alpha value is -2.02. The molecule has 0 saturated carbocycles. The molecule has 2 saturated heterocycles. The molecule has 2 fully saturated rings. The molecule has 3 aromatic rings. The number of rotatable bonds is 4. The molecule has 0 amide bonds. The summed E-state index contributed by atoms with van der Waals surface area (Å²) in [5, 5.41) is 1.20. The maximum absolute atomic E-state index is 4.89. The molecule has 4 heterocycles. The maximum Gasteiger partial charge on any atom is 0.141 e. The lowest BCUT2D eigenvalue weighted by atomic mass is 10.2. The van der Waals surface area contributed by atoms with Crippen LogP contribution in [-0.4, -0.2) is 71.6 Å². The van der Waals surface area contributed by atoms with Crippen LogP contribution in [0.3, 0.4) is 0 Å². The van der Waals surface area contributed by atoms with Crippen molar-refractivity contribution < 1.29 is 0 Å². The standard InChI is InChI=1S/C23H29N5S/c1-3-26-11-13-27(14-12-26)19-9-10-28(16-19)22-20-15-21(18-7-5-4-6-8-18)29-23(20)25-17(2)24-22/h4-8,15,19H,3,9-14,16H2,1-2H3. The molecule has 1 atom stereocenters. The van der Waals surface area contributed by atoms with Gasteiger partial charge in [0.2, 0.25) is 0 Å². The van der Waals surface area contributed by atoms with Crippen LogP contribution in [0.1, 0.15) is 19.2 Å². The molecule has 0 bridgehead atoms. The molecule has 0 N–H and O–H groups in total. The Balaban J connectivity index is 1.39. The Morgan fingerprint density at radius 2 is 1.83 bits per heavy atom. The molecule has 6 heteroatoms. The van der Waals surface area contributed by atoms with Gasteiger partial charge in [-0.15, -0.1) is 11.3 Å². The molecule has 5 nitrogen and oxygen atoms in total. The van der Waals surface area contributed by atoms with E-state index in [1.165, 1.54) is 55.0 Å². The topological polar surface area (TPSA) is 35.5 Å². The molecule has 5 rings (SSSR count). The quantitative estimate of drug-likeness (QED) is 0.656. The number of nitrogens with zero attached hydrogens (tertiary/aromatic N) is 5. The van der Waals surface area contributed by atoms with Gasteiger partial charge in [-0.3, -0.25) is 4.90 Å². The van der Waals surface area contributed by atoms with Crippen LogP contribution in [0.25, 0.3) is 20.7 Å². The fraction of sp³-hybridized carbons (Fsp3) is 0.478. The first-order valence-electron chi connectivity index (χ1n) is 10.8. The molecule has 0 spiro atoms. The first-order valence-corrected chi connectivity index (χ1v) is 11.6. The van der Waals surface area contributed by atoms with Gasteiger partial charge in [0.05, 0.1) is 5.39 Å². The number of aromatic nitrogens is 2. The smallest absolute Gasteiger partial charge is 0.141 e. The molecule has 1 aromatic carbocycles. The monoisotopic (exact) mass is 407 g/mol. The van der Waals surface area contributed by atoms with E-state index in [1.54, 1.807) is 11.3 Å². The Labute approximate surface area is 177 Å². The predicted octanol–water partition coefficient (Wildman–Crippen LogP) is 3.88. The molecular formula is C23H29N5S. The number of anilines is 1. The van der Waals surface area contributed by atoms with E-state index in [1.807, 2.05) is 6.92 Å². The fourth-order valence-electron chi connectivity index (χ4n) is 4.67. The number of piperazine rings is 1. The number of aryl methyl sites for hydroxylation is 1. The van der Waals surface area contributed by atoms with Gasteiger partial charge < -0.3 is 9.80 Å². The molecule has 2 aliphatic heterocycles. The highest BCUT2D eigenvalue weighted by atomic mass is 32.1. The third-order valence-electron chi connectivity index (χ3n) is 6.38. The second kappa shape index (κ2) is 8.01. The lowest BCUT2D eigenvalue weighted by molar-refractivity contribution is 0.107. The van der Waals surface area contributed by atoms with Crippen molar-refractivity contribution in [2.75, 3.05) is 50.7 Å². The van der Waals surface area contributed by atoms with Crippen LogP contribution in [0.4, 0.5) is 5.82 Å². The van der Waals surface area contributed by atoms with Crippen molar-refractivity contribution in [3.63, 3.8) is 0 Å². The number of hydrogen-bond acceptors (Lipinski definition) is 6. The van der Waals surface area contributed by atoms with E-state index in [9.17, 15) is 0 Å². The van der Waals surface area contributed by atoms with E-state index in [4.69, 9.17) is 9.97 Å². The summed E-state index contributed by atoms with van der Waals surface area (Å²) in [7, 11) is 0. The fourth-order valence-corrected chi connectivity index (χ4v) is 5.75. The van der Waals surface area contributed by atoms with E-state index in [2.05, 4.69) is 58.0 Å². The van der Waals surface area contributed by atoms with Crippen LogP contribution in [0.5, 0.6) is 0 Å². The van der Waals surface area contributed by atoms with Crippen LogP contribution in [0.15, 0.2) is 36.4 Å². The normalized spacial score (nSPS) is 21.3. The lowest BCUT2D eigenvalue weighted by Gasteiger charge is -2.37. The summed E-state index contributed by atoms with van der Waals surface area (Å²) >= 11 is 1.78. The highest BCUT2D eigenvalue weighted by Gasteiger charge is 2.31. The highest BCUT2D eigenvalue weighted by molar-refractivity contribution is 7.21. The summed E-state index contributed by atoms with van der Waals surface area (Å²) in [5.41, 5.74) is 1.26. The molecule has 2 aromatic heterocycles. The zero-order valence-electron chi connectivity index (χ0n) is 17.3. The number of thiophene rings is 1. The average Bonchev–Trinajstić information content (AvgIpc) is 3.41. The van der Waals surface area contributed by atoms with E-state index < -0.39 is 0 Å². The van der Waals surface area contributed by atoms with Crippen LogP contribution < -0.4 is 4.90 Å². The Kier molecular flexibility index (Phi) is 5.24. The summed E-state index contributed by atoms with van der Waals surface area (Å²) < 4.78 is 0. The number of benzene rings is 1. The van der Waals surface area contributed by atoms with Crippen molar-refractivity contribution in [3.05, 3.63) is 42.2 Å². The van der Waals surface area contributed by atoms with E-state index >= 15 is 0 Å². The average molecular weight is 408 g/mol. The summed E-state index contributed by atoms with van der Waals surface area (Å²) in [5.74, 6) is 1.99. The number of likely N-dealkylation sites (N-methyl/N-ethyl adjacent to an activating group) is 1. The van der Waals surface area contributed by atoms with E-state index in [0.717, 1.165) is 29.6 Å². The minimum atomic E-state index is 0.645. The van der Waals surface area contributed by atoms with Crippen LogP contribution in [0.2, 0.25) is 0 Å². The second-order valence-electron chi connectivity index (χ2n) is 8.15. The van der Waals surface area contributed by atoms with Gasteiger partial charge >= 0.3 is 0 Å². The van der Waals surface area contributed by atoms with Crippen LogP contribution >= 0.6 is 11.3 Å². The minimum absolute atomic E-state index is 0.645. The van der Waals surface area contributed by atoms with Gasteiger partial charge in [-0.05, 0) is 31.5 Å². The molecule has 29 heavy (non-hydrogen) atoms. The first kappa shape index (κ1) is 19.0. The minimum Gasteiger partial charge on any atom is -0.354 e. The summed E-state index contributed by atoms with van der Waals surface area (Å²) in [6.07, 6.45) is 1.23. The van der Waals surface area contributed by atoms with Gasteiger partial charge in [-0.1, -0.05) is 37.3 Å². The van der Waals surface area contributed by atoms with Crippen molar-refractivity contribution >= 4 is 27.4 Å². The molecule has 152 valence electrons. The predicted molar refractivity (Wildman–Crippen MR) is 122 cm³/mol. The number of fused-ring (bicyclic) bond motifs is 1. The SMILES string of the molecule is CCN1CCN(C2CCN(c3nc(C)nc4sc(-c5ccccc5)cc34)C2)CC1. The van der Waals surface area contributed by atoms with Crippen molar-refractivity contribution in [1.82, 2.24) is 19.8 Å². The zero-order valence-corrected chi connectivity index (χ0v) is 18.2. The van der Waals surface area contributed by atoms with Crippen molar-refractivity contribution in [2.45, 2.75) is 26.3 Å². The van der Waals surface area contributed by atoms with E-state index in [-0.39, 0.29) is 0 Å². The van der Waals surface area contributed by atoms with Gasteiger partial charge in [0.25, 0.3) is 0 Å². The van der Waals surface area contributed by atoms with Crippen LogP contribution in [-0.2, 0) is 0 Å². The first-order chi connectivity index (χ1) is 14.2. The summed E-state index contributed by atoms with van der Waals surface area (Å²) in [6.45, 7) is 12.4. The van der Waals surface area contributed by atoms with Gasteiger partial charge in [-0.25, -0.2) is 9.97 Å². The molecule has 2 aliphatic rings. The van der Waals surface area contributed by atoms with Crippen LogP contribution in [0, 0.1) is 6.92 Å². The Morgan fingerprint density at radius 3 is 2.59 bits per heavy atom. The van der Waals surface area contributed by atoms with Gasteiger partial charge in [0.15, 0.2) is 0 Å². The van der Waals surface area contributed by atoms with Crippen molar-refractivity contribution in [3.8, 4) is 10.4 Å². The van der Waals surface area contributed by atoms with Crippen molar-refractivity contribution in [2.24, 2.45) is 0 Å². The van der Waals surface area contributed by atoms with Gasteiger partial charge in [0.1, 0.15) is 16.5 Å². The molecule has 0 radical (unpaired) electrons. The molecular weight excluding hydrogens is 378 g/mol. The van der Waals surface area contributed by atoms with Crippen molar-refractivity contribution in [1.29, 1.82) is 0 Å². The lowest BCUT2D eigenvalue weighted by Crippen LogP contribution is -2.50. The van der Waals surface area contributed by atoms with Gasteiger partial charge in [-0.2, -0.15) is 0 Å². The maximum atomic E-state index is 4.89. The van der Waals surface area contributed by atoms with Gasteiger partial charge in [0, 0.05) is 50.2 Å². The third kappa shape index (κ3) is 3.77. The Bertz CT molecular complexity index is 978.